The zero-order valence-corrected chi connectivity index (χ0v) is 15.1. The van der Waals surface area contributed by atoms with Gasteiger partial charge in [-0.3, -0.25) is 9.69 Å². The zero-order valence-electron chi connectivity index (χ0n) is 14.4. The van der Waals surface area contributed by atoms with Gasteiger partial charge in [-0.1, -0.05) is 24.4 Å². The third kappa shape index (κ3) is 4.57. The highest BCUT2D eigenvalue weighted by Crippen LogP contribution is 2.18. The Morgan fingerprint density at radius 1 is 1.04 bits per heavy atom. The Kier molecular flexibility index (Phi) is 5.89. The van der Waals surface area contributed by atoms with Crippen molar-refractivity contribution in [3.8, 4) is 0 Å². The third-order valence-corrected chi connectivity index (χ3v) is 5.00. The lowest BCUT2D eigenvalue weighted by Gasteiger charge is -2.36. The van der Waals surface area contributed by atoms with Gasteiger partial charge in [-0.05, 0) is 19.8 Å². The average Bonchev–Trinajstić information content (AvgIpc) is 2.84. The fourth-order valence-corrected chi connectivity index (χ4v) is 3.64. The van der Waals surface area contributed by atoms with E-state index in [9.17, 15) is 4.79 Å². The van der Waals surface area contributed by atoms with E-state index in [4.69, 9.17) is 11.6 Å². The Balaban J connectivity index is 1.50. The molecule has 2 fully saturated rings. The fraction of sp³-hybridized carbons (Fsp3) is 0.706. The van der Waals surface area contributed by atoms with Crippen LogP contribution >= 0.6 is 11.6 Å². The van der Waals surface area contributed by atoms with E-state index in [1.54, 1.807) is 0 Å². The van der Waals surface area contributed by atoms with Gasteiger partial charge in [-0.2, -0.15) is 0 Å². The van der Waals surface area contributed by atoms with Gasteiger partial charge in [0, 0.05) is 45.3 Å². The van der Waals surface area contributed by atoms with Crippen molar-refractivity contribution in [3.05, 3.63) is 17.0 Å². The summed E-state index contributed by atoms with van der Waals surface area (Å²) in [4.78, 5) is 27.6. The second kappa shape index (κ2) is 8.12. The molecule has 1 amide bonds. The van der Waals surface area contributed by atoms with Crippen molar-refractivity contribution >= 4 is 23.3 Å². The third-order valence-electron chi connectivity index (χ3n) is 4.81. The lowest BCUT2D eigenvalue weighted by Crippen LogP contribution is -2.50. The van der Waals surface area contributed by atoms with Crippen LogP contribution in [0.15, 0.2) is 6.07 Å². The van der Waals surface area contributed by atoms with E-state index in [-0.39, 0.29) is 5.91 Å². The highest BCUT2D eigenvalue weighted by molar-refractivity contribution is 6.29. The molecule has 2 saturated heterocycles. The van der Waals surface area contributed by atoms with Crippen molar-refractivity contribution < 1.29 is 4.79 Å². The SMILES string of the molecule is Cc1nc(Cl)cc(N2CCN(CC(=O)N3CCCCCC3)CC2)n1. The van der Waals surface area contributed by atoms with Crippen LogP contribution in [-0.4, -0.2) is 71.5 Å². The van der Waals surface area contributed by atoms with E-state index in [0.29, 0.717) is 17.5 Å². The Bertz CT molecular complexity index is 546. The molecule has 0 unspecified atom stereocenters. The summed E-state index contributed by atoms with van der Waals surface area (Å²) in [6.45, 7) is 7.72. The molecule has 0 bridgehead atoms. The van der Waals surface area contributed by atoms with Crippen LogP contribution < -0.4 is 4.90 Å². The maximum Gasteiger partial charge on any atom is 0.236 e. The molecular formula is C17H26ClN5O. The van der Waals surface area contributed by atoms with Gasteiger partial charge in [0.05, 0.1) is 6.54 Å². The van der Waals surface area contributed by atoms with E-state index in [1.165, 1.54) is 12.8 Å². The van der Waals surface area contributed by atoms with Crippen LogP contribution in [0.5, 0.6) is 0 Å². The Labute approximate surface area is 148 Å². The minimum Gasteiger partial charge on any atom is -0.354 e. The maximum atomic E-state index is 12.5. The second-order valence-corrected chi connectivity index (χ2v) is 7.04. The van der Waals surface area contributed by atoms with Crippen LogP contribution in [-0.2, 0) is 4.79 Å². The first-order valence-electron chi connectivity index (χ1n) is 8.88. The van der Waals surface area contributed by atoms with Crippen LogP contribution in [0.2, 0.25) is 5.15 Å². The molecule has 0 spiro atoms. The monoisotopic (exact) mass is 351 g/mol. The summed E-state index contributed by atoms with van der Waals surface area (Å²) in [5.41, 5.74) is 0. The van der Waals surface area contributed by atoms with Crippen molar-refractivity contribution in [2.75, 3.05) is 50.7 Å². The van der Waals surface area contributed by atoms with Gasteiger partial charge >= 0.3 is 0 Å². The number of carbonyl (C=O) groups is 1. The summed E-state index contributed by atoms with van der Waals surface area (Å²) in [5, 5.41) is 0.483. The number of anilines is 1. The van der Waals surface area contributed by atoms with Gasteiger partial charge in [0.2, 0.25) is 5.91 Å². The van der Waals surface area contributed by atoms with Crippen LogP contribution in [0.1, 0.15) is 31.5 Å². The number of hydrogen-bond acceptors (Lipinski definition) is 5. The number of nitrogens with zero attached hydrogens (tertiary/aromatic N) is 5. The number of rotatable bonds is 3. The van der Waals surface area contributed by atoms with Crippen molar-refractivity contribution in [2.24, 2.45) is 0 Å². The molecule has 3 rings (SSSR count). The normalized spacial score (nSPS) is 20.1. The van der Waals surface area contributed by atoms with Gasteiger partial charge in [-0.25, -0.2) is 9.97 Å². The molecule has 0 radical (unpaired) electrons. The number of halogens is 1. The molecule has 1 aromatic rings. The highest BCUT2D eigenvalue weighted by Gasteiger charge is 2.23. The van der Waals surface area contributed by atoms with Gasteiger partial charge in [0.15, 0.2) is 0 Å². The van der Waals surface area contributed by atoms with E-state index in [2.05, 4.69) is 19.8 Å². The topological polar surface area (TPSA) is 52.6 Å². The molecule has 6 nitrogen and oxygen atoms in total. The van der Waals surface area contributed by atoms with E-state index < -0.39 is 0 Å². The number of piperazine rings is 1. The molecule has 2 aliphatic heterocycles. The number of carbonyl (C=O) groups excluding carboxylic acids is 1. The molecular weight excluding hydrogens is 326 g/mol. The minimum absolute atomic E-state index is 0.284. The number of amides is 1. The quantitative estimate of drug-likeness (QED) is 0.779. The second-order valence-electron chi connectivity index (χ2n) is 6.65. The average molecular weight is 352 g/mol. The first-order chi connectivity index (χ1) is 11.6. The highest BCUT2D eigenvalue weighted by atomic mass is 35.5. The van der Waals surface area contributed by atoms with Crippen LogP contribution in [0, 0.1) is 6.92 Å². The van der Waals surface area contributed by atoms with Gasteiger partial charge < -0.3 is 9.80 Å². The first kappa shape index (κ1) is 17.4. The van der Waals surface area contributed by atoms with Gasteiger partial charge in [0.25, 0.3) is 0 Å². The standard InChI is InChI=1S/C17H26ClN5O/c1-14-19-15(18)12-16(20-14)22-10-8-21(9-11-22)13-17(24)23-6-4-2-3-5-7-23/h12H,2-11,13H2,1H3. The van der Waals surface area contributed by atoms with Crippen molar-refractivity contribution in [3.63, 3.8) is 0 Å². The summed E-state index contributed by atoms with van der Waals surface area (Å²) < 4.78 is 0. The predicted octanol–water partition coefficient (Wildman–Crippen LogP) is 1.96. The van der Waals surface area contributed by atoms with Crippen molar-refractivity contribution in [2.45, 2.75) is 32.6 Å². The van der Waals surface area contributed by atoms with Crippen LogP contribution in [0.4, 0.5) is 5.82 Å². The van der Waals surface area contributed by atoms with Crippen molar-refractivity contribution in [1.82, 2.24) is 19.8 Å². The largest absolute Gasteiger partial charge is 0.354 e. The van der Waals surface area contributed by atoms with Crippen LogP contribution in [0.25, 0.3) is 0 Å². The molecule has 0 N–H and O–H groups in total. The zero-order chi connectivity index (χ0) is 16.9. The van der Waals surface area contributed by atoms with Crippen molar-refractivity contribution in [1.29, 1.82) is 0 Å². The summed E-state index contributed by atoms with van der Waals surface area (Å²) in [5.74, 6) is 1.86. The molecule has 7 heteroatoms. The molecule has 24 heavy (non-hydrogen) atoms. The molecule has 3 heterocycles. The van der Waals surface area contributed by atoms with E-state index >= 15 is 0 Å². The summed E-state index contributed by atoms with van der Waals surface area (Å²) in [6, 6.07) is 1.81. The molecule has 0 atom stereocenters. The molecule has 0 saturated carbocycles. The molecule has 132 valence electrons. The predicted molar refractivity (Wildman–Crippen MR) is 95.5 cm³/mol. The Morgan fingerprint density at radius 3 is 2.33 bits per heavy atom. The molecule has 0 aliphatic carbocycles. The van der Waals surface area contributed by atoms with Crippen LogP contribution in [0.3, 0.4) is 0 Å². The number of hydrogen-bond donors (Lipinski definition) is 0. The summed E-state index contributed by atoms with van der Waals surface area (Å²) >= 11 is 6.03. The smallest absolute Gasteiger partial charge is 0.236 e. The number of likely N-dealkylation sites (tertiary alicyclic amines) is 1. The van der Waals surface area contributed by atoms with Gasteiger partial charge in [0.1, 0.15) is 16.8 Å². The van der Waals surface area contributed by atoms with E-state index in [1.807, 2.05) is 17.9 Å². The Morgan fingerprint density at radius 2 is 1.71 bits per heavy atom. The van der Waals surface area contributed by atoms with E-state index in [0.717, 1.165) is 57.9 Å². The summed E-state index contributed by atoms with van der Waals surface area (Å²) in [7, 11) is 0. The molecule has 1 aromatic heterocycles. The molecule has 0 aromatic carbocycles. The Hall–Kier alpha value is -1.40. The minimum atomic E-state index is 0.284. The lowest BCUT2D eigenvalue weighted by atomic mass is 10.2. The fourth-order valence-electron chi connectivity index (χ4n) is 3.42. The first-order valence-corrected chi connectivity index (χ1v) is 9.26. The number of aromatic nitrogens is 2. The maximum absolute atomic E-state index is 12.5. The lowest BCUT2D eigenvalue weighted by molar-refractivity contribution is -0.132. The molecule has 2 aliphatic rings. The number of aryl methyl sites for hydroxylation is 1. The summed E-state index contributed by atoms with van der Waals surface area (Å²) in [6.07, 6.45) is 4.80. The van der Waals surface area contributed by atoms with Gasteiger partial charge in [-0.15, -0.1) is 0 Å².